The number of fused-ring (bicyclic) bond motifs is 1. The molecule has 0 heterocycles. The maximum Gasteiger partial charge on any atom is 0.227 e. The molecule has 0 atom stereocenters. The summed E-state index contributed by atoms with van der Waals surface area (Å²) in [4.78, 5) is 12.6. The third-order valence-electron chi connectivity index (χ3n) is 4.88. The molecule has 0 bridgehead atoms. The summed E-state index contributed by atoms with van der Waals surface area (Å²) >= 11 is 0. The largest absolute Gasteiger partial charge is 0.488 e. The number of carbonyl (C=O) groups excluding carboxylic acids is 1. The normalized spacial score (nSPS) is 10.9. The van der Waals surface area contributed by atoms with Crippen LogP contribution in [0.3, 0.4) is 0 Å². The van der Waals surface area contributed by atoms with E-state index in [4.69, 9.17) is 10.5 Å². The van der Waals surface area contributed by atoms with E-state index in [9.17, 15) is 4.79 Å². The molecule has 0 saturated heterocycles. The van der Waals surface area contributed by atoms with E-state index in [1.54, 1.807) is 6.07 Å². The lowest BCUT2D eigenvalue weighted by molar-refractivity contribution is -0.120. The molecule has 3 aromatic rings. The van der Waals surface area contributed by atoms with E-state index in [0.29, 0.717) is 23.7 Å². The molecule has 0 unspecified atom stereocenters. The maximum atomic E-state index is 12.6. The highest BCUT2D eigenvalue weighted by molar-refractivity contribution is 6.09. The summed E-state index contributed by atoms with van der Waals surface area (Å²) in [6.45, 7) is 4.51. The fourth-order valence-electron chi connectivity index (χ4n) is 3.24. The highest BCUT2D eigenvalue weighted by atomic mass is 16.5. The molecule has 0 aliphatic rings. The van der Waals surface area contributed by atoms with Crippen molar-refractivity contribution in [1.29, 1.82) is 0 Å². The van der Waals surface area contributed by atoms with Crippen LogP contribution in [0, 0.1) is 5.92 Å². The molecule has 0 radical (unpaired) electrons. The van der Waals surface area contributed by atoms with E-state index in [2.05, 4.69) is 5.32 Å². The lowest BCUT2D eigenvalue weighted by Gasteiger charge is -2.18. The standard InChI is InChI=1S/C23H26N2O2/c1-3-17(4-2)23(26)25-22-19-13-9-8-12-18(19)21(14-20(22)24)27-15-16-10-6-5-7-11-16/h5-14,17H,3-4,15,24H2,1-2H3,(H,25,26). The van der Waals surface area contributed by atoms with Crippen LogP contribution in [0.2, 0.25) is 0 Å². The van der Waals surface area contributed by atoms with Crippen LogP contribution in [0.1, 0.15) is 32.3 Å². The number of hydrogen-bond acceptors (Lipinski definition) is 3. The Hall–Kier alpha value is -3.01. The van der Waals surface area contributed by atoms with Crippen molar-refractivity contribution in [3.8, 4) is 5.75 Å². The van der Waals surface area contributed by atoms with Crippen molar-refractivity contribution in [2.24, 2.45) is 5.92 Å². The molecule has 0 spiro atoms. The predicted octanol–water partition coefficient (Wildman–Crippen LogP) is 5.38. The van der Waals surface area contributed by atoms with E-state index in [1.165, 1.54) is 0 Å². The molecular formula is C23H26N2O2. The molecule has 3 rings (SSSR count). The fourth-order valence-corrected chi connectivity index (χ4v) is 3.24. The van der Waals surface area contributed by atoms with E-state index >= 15 is 0 Å². The van der Waals surface area contributed by atoms with Gasteiger partial charge >= 0.3 is 0 Å². The van der Waals surface area contributed by atoms with Gasteiger partial charge in [0.05, 0.1) is 11.4 Å². The van der Waals surface area contributed by atoms with E-state index < -0.39 is 0 Å². The van der Waals surface area contributed by atoms with Crippen molar-refractivity contribution in [2.75, 3.05) is 11.1 Å². The Bertz CT molecular complexity index is 918. The van der Waals surface area contributed by atoms with Gasteiger partial charge in [-0.05, 0) is 18.4 Å². The number of benzene rings is 3. The number of rotatable bonds is 7. The Morgan fingerprint density at radius 3 is 2.30 bits per heavy atom. The Balaban J connectivity index is 1.93. The van der Waals surface area contributed by atoms with Crippen LogP contribution in [0.5, 0.6) is 5.75 Å². The number of nitrogen functional groups attached to an aromatic ring is 1. The molecule has 0 aromatic heterocycles. The second-order valence-electron chi connectivity index (χ2n) is 6.66. The molecule has 1 amide bonds. The molecule has 3 aromatic carbocycles. The molecule has 0 aliphatic heterocycles. The SMILES string of the molecule is CCC(CC)C(=O)Nc1c(N)cc(OCc2ccccc2)c2ccccc12. The van der Waals surface area contributed by atoms with Crippen molar-refractivity contribution >= 4 is 28.1 Å². The van der Waals surface area contributed by atoms with Crippen LogP contribution in [-0.4, -0.2) is 5.91 Å². The lowest BCUT2D eigenvalue weighted by atomic mass is 10.0. The fraction of sp³-hybridized carbons (Fsp3) is 0.261. The molecule has 140 valence electrons. The highest BCUT2D eigenvalue weighted by Crippen LogP contribution is 2.37. The van der Waals surface area contributed by atoms with Gasteiger partial charge in [0.15, 0.2) is 0 Å². The van der Waals surface area contributed by atoms with Gasteiger partial charge in [-0.1, -0.05) is 68.4 Å². The monoisotopic (exact) mass is 362 g/mol. The first kappa shape index (κ1) is 18.8. The summed E-state index contributed by atoms with van der Waals surface area (Å²) in [7, 11) is 0. The smallest absolute Gasteiger partial charge is 0.227 e. The van der Waals surface area contributed by atoms with Crippen LogP contribution in [0.4, 0.5) is 11.4 Å². The summed E-state index contributed by atoms with van der Waals surface area (Å²) in [6, 6.07) is 19.7. The highest BCUT2D eigenvalue weighted by Gasteiger charge is 2.18. The first-order valence-electron chi connectivity index (χ1n) is 9.42. The minimum Gasteiger partial charge on any atom is -0.488 e. The van der Waals surface area contributed by atoms with Gasteiger partial charge in [-0.15, -0.1) is 0 Å². The van der Waals surface area contributed by atoms with Gasteiger partial charge in [-0.2, -0.15) is 0 Å². The Morgan fingerprint density at radius 1 is 1.00 bits per heavy atom. The number of anilines is 2. The van der Waals surface area contributed by atoms with Crippen LogP contribution in [0.15, 0.2) is 60.7 Å². The van der Waals surface area contributed by atoms with E-state index in [1.807, 2.05) is 68.4 Å². The number of amides is 1. The molecule has 0 aliphatic carbocycles. The van der Waals surface area contributed by atoms with E-state index in [0.717, 1.165) is 29.2 Å². The zero-order valence-electron chi connectivity index (χ0n) is 15.9. The van der Waals surface area contributed by atoms with Gasteiger partial charge in [0.1, 0.15) is 12.4 Å². The molecule has 3 N–H and O–H groups in total. The Kier molecular flexibility index (Phi) is 5.97. The second-order valence-corrected chi connectivity index (χ2v) is 6.66. The van der Waals surface area contributed by atoms with Crippen molar-refractivity contribution in [3.63, 3.8) is 0 Å². The predicted molar refractivity (Wildman–Crippen MR) is 112 cm³/mol. The summed E-state index contributed by atoms with van der Waals surface area (Å²) in [6.07, 6.45) is 1.61. The zero-order valence-corrected chi connectivity index (χ0v) is 15.9. The second kappa shape index (κ2) is 8.58. The molecule has 4 nitrogen and oxygen atoms in total. The third kappa shape index (κ3) is 4.22. The molecule has 0 fully saturated rings. The van der Waals surface area contributed by atoms with Gasteiger partial charge in [0.2, 0.25) is 5.91 Å². The zero-order chi connectivity index (χ0) is 19.2. The van der Waals surface area contributed by atoms with Gasteiger partial charge < -0.3 is 15.8 Å². The number of hydrogen-bond donors (Lipinski definition) is 2. The first-order valence-corrected chi connectivity index (χ1v) is 9.42. The number of nitrogens with two attached hydrogens (primary N) is 1. The number of carbonyl (C=O) groups is 1. The maximum absolute atomic E-state index is 12.6. The van der Waals surface area contributed by atoms with Gasteiger partial charge in [-0.3, -0.25) is 4.79 Å². The van der Waals surface area contributed by atoms with Crippen molar-refractivity contribution in [3.05, 3.63) is 66.2 Å². The van der Waals surface area contributed by atoms with Gasteiger partial charge in [0, 0.05) is 22.8 Å². The van der Waals surface area contributed by atoms with Crippen LogP contribution >= 0.6 is 0 Å². The minimum atomic E-state index is -0.0165. The van der Waals surface area contributed by atoms with Crippen LogP contribution in [0.25, 0.3) is 10.8 Å². The van der Waals surface area contributed by atoms with Crippen molar-refractivity contribution in [2.45, 2.75) is 33.3 Å². The van der Waals surface area contributed by atoms with Crippen LogP contribution < -0.4 is 15.8 Å². The molecular weight excluding hydrogens is 336 g/mol. The van der Waals surface area contributed by atoms with Crippen LogP contribution in [-0.2, 0) is 11.4 Å². The van der Waals surface area contributed by atoms with E-state index in [-0.39, 0.29) is 11.8 Å². The van der Waals surface area contributed by atoms with Crippen molar-refractivity contribution in [1.82, 2.24) is 0 Å². The summed E-state index contributed by atoms with van der Waals surface area (Å²) in [5, 5.41) is 4.86. The van der Waals surface area contributed by atoms with Gasteiger partial charge in [0.25, 0.3) is 0 Å². The molecule has 4 heteroatoms. The van der Waals surface area contributed by atoms with Gasteiger partial charge in [-0.25, -0.2) is 0 Å². The minimum absolute atomic E-state index is 0.00908. The summed E-state index contributed by atoms with van der Waals surface area (Å²) in [5.74, 6) is 0.708. The number of ether oxygens (including phenoxy) is 1. The van der Waals surface area contributed by atoms with Crippen molar-refractivity contribution < 1.29 is 9.53 Å². The summed E-state index contributed by atoms with van der Waals surface area (Å²) in [5.41, 5.74) is 8.55. The third-order valence-corrected chi connectivity index (χ3v) is 4.88. The Labute approximate surface area is 160 Å². The lowest BCUT2D eigenvalue weighted by Crippen LogP contribution is -2.22. The molecule has 27 heavy (non-hydrogen) atoms. The first-order chi connectivity index (χ1) is 13.1. The quantitative estimate of drug-likeness (QED) is 0.555. The topological polar surface area (TPSA) is 64.4 Å². The average molecular weight is 362 g/mol. The molecule has 0 saturated carbocycles. The number of nitrogens with one attached hydrogen (secondary N) is 1. The average Bonchev–Trinajstić information content (AvgIpc) is 2.70. The Morgan fingerprint density at radius 2 is 1.63 bits per heavy atom. The summed E-state index contributed by atoms with van der Waals surface area (Å²) < 4.78 is 6.04.